The molecule has 0 aromatic carbocycles. The molecular weight excluding hydrogens is 430 g/mol. The SMILES string of the molecule is CCCCCC=CCC=CCCCCCCCCOC[C@H](COCCCCCCCCC)N(C)C. The smallest absolute Gasteiger partial charge is 0.0644 e. The van der Waals surface area contributed by atoms with Crippen molar-refractivity contribution >= 4 is 0 Å². The Balaban J connectivity index is 3.45. The number of hydrogen-bond acceptors (Lipinski definition) is 3. The maximum Gasteiger partial charge on any atom is 0.0644 e. The fourth-order valence-electron chi connectivity index (χ4n) is 4.14. The van der Waals surface area contributed by atoms with Gasteiger partial charge in [-0.1, -0.05) is 115 Å². The van der Waals surface area contributed by atoms with Crippen molar-refractivity contribution in [2.75, 3.05) is 40.5 Å². The number of likely N-dealkylation sites (N-methyl/N-ethyl adjacent to an activating group) is 1. The second-order valence-corrected chi connectivity index (χ2v) is 10.5. The van der Waals surface area contributed by atoms with Crippen LogP contribution in [0.15, 0.2) is 24.3 Å². The number of allylic oxidation sites excluding steroid dienone is 4. The van der Waals surface area contributed by atoms with Gasteiger partial charge in [-0.3, -0.25) is 0 Å². The molecule has 0 spiro atoms. The number of unbranched alkanes of at least 4 members (excludes halogenated alkanes) is 15. The Morgan fingerprint density at radius 2 is 0.914 bits per heavy atom. The minimum absolute atomic E-state index is 0.365. The summed E-state index contributed by atoms with van der Waals surface area (Å²) in [6, 6.07) is 0.365. The van der Waals surface area contributed by atoms with Crippen LogP contribution >= 0.6 is 0 Å². The molecule has 0 amide bonds. The summed E-state index contributed by atoms with van der Waals surface area (Å²) in [5.74, 6) is 0. The molecule has 3 nitrogen and oxygen atoms in total. The Labute approximate surface area is 221 Å². The zero-order valence-electron chi connectivity index (χ0n) is 24.4. The highest BCUT2D eigenvalue weighted by atomic mass is 16.5. The van der Waals surface area contributed by atoms with Gasteiger partial charge in [-0.05, 0) is 59.0 Å². The van der Waals surface area contributed by atoms with E-state index in [0.29, 0.717) is 6.04 Å². The highest BCUT2D eigenvalue weighted by Gasteiger charge is 2.11. The zero-order chi connectivity index (χ0) is 25.7. The van der Waals surface area contributed by atoms with Gasteiger partial charge in [0, 0.05) is 13.2 Å². The van der Waals surface area contributed by atoms with Crippen LogP contribution in [-0.4, -0.2) is 51.5 Å². The molecule has 3 heteroatoms. The van der Waals surface area contributed by atoms with Gasteiger partial charge in [0.25, 0.3) is 0 Å². The molecule has 0 N–H and O–H groups in total. The average molecular weight is 494 g/mol. The number of rotatable bonds is 28. The lowest BCUT2D eigenvalue weighted by molar-refractivity contribution is 0.0197. The van der Waals surface area contributed by atoms with Gasteiger partial charge in [-0.15, -0.1) is 0 Å². The number of ether oxygens (including phenoxy) is 2. The molecule has 0 aromatic rings. The minimum atomic E-state index is 0.365. The molecule has 0 heterocycles. The molecule has 0 saturated carbocycles. The van der Waals surface area contributed by atoms with Crippen LogP contribution < -0.4 is 0 Å². The second kappa shape index (κ2) is 29.6. The molecule has 208 valence electrons. The maximum atomic E-state index is 5.97. The summed E-state index contributed by atoms with van der Waals surface area (Å²) in [7, 11) is 4.26. The Morgan fingerprint density at radius 1 is 0.514 bits per heavy atom. The highest BCUT2D eigenvalue weighted by molar-refractivity contribution is 4.92. The molecular formula is C32H63NO2. The maximum absolute atomic E-state index is 5.97. The first-order chi connectivity index (χ1) is 17.2. The number of hydrogen-bond donors (Lipinski definition) is 0. The van der Waals surface area contributed by atoms with Crippen LogP contribution in [0.3, 0.4) is 0 Å². The van der Waals surface area contributed by atoms with Gasteiger partial charge < -0.3 is 14.4 Å². The van der Waals surface area contributed by atoms with Gasteiger partial charge in [-0.25, -0.2) is 0 Å². The van der Waals surface area contributed by atoms with E-state index in [1.165, 1.54) is 116 Å². The quantitative estimate of drug-likeness (QED) is 0.0800. The van der Waals surface area contributed by atoms with Gasteiger partial charge in [0.2, 0.25) is 0 Å². The van der Waals surface area contributed by atoms with Crippen molar-refractivity contribution in [1.29, 1.82) is 0 Å². The zero-order valence-corrected chi connectivity index (χ0v) is 24.4. The first-order valence-electron chi connectivity index (χ1n) is 15.3. The fourth-order valence-corrected chi connectivity index (χ4v) is 4.14. The second-order valence-electron chi connectivity index (χ2n) is 10.5. The molecule has 0 aliphatic heterocycles. The van der Waals surface area contributed by atoms with E-state index in [-0.39, 0.29) is 0 Å². The van der Waals surface area contributed by atoms with Crippen LogP contribution in [0.25, 0.3) is 0 Å². The predicted molar refractivity (Wildman–Crippen MR) is 156 cm³/mol. The normalized spacial score (nSPS) is 13.1. The van der Waals surface area contributed by atoms with Gasteiger partial charge >= 0.3 is 0 Å². The summed E-state index contributed by atoms with van der Waals surface area (Å²) >= 11 is 0. The number of nitrogens with zero attached hydrogens (tertiary/aromatic N) is 1. The van der Waals surface area contributed by atoms with E-state index in [2.05, 4.69) is 57.1 Å². The van der Waals surface area contributed by atoms with Crippen LogP contribution in [0.1, 0.15) is 136 Å². The summed E-state index contributed by atoms with van der Waals surface area (Å²) in [6.45, 7) is 7.88. The molecule has 35 heavy (non-hydrogen) atoms. The third kappa shape index (κ3) is 27.8. The van der Waals surface area contributed by atoms with E-state index in [1.54, 1.807) is 0 Å². The van der Waals surface area contributed by atoms with E-state index in [9.17, 15) is 0 Å². The summed E-state index contributed by atoms with van der Waals surface area (Å²) in [5, 5.41) is 0. The predicted octanol–water partition coefficient (Wildman–Crippen LogP) is 9.51. The Bertz CT molecular complexity index is 447. The highest BCUT2D eigenvalue weighted by Crippen LogP contribution is 2.09. The third-order valence-electron chi connectivity index (χ3n) is 6.73. The lowest BCUT2D eigenvalue weighted by atomic mass is 10.1. The van der Waals surface area contributed by atoms with Crippen LogP contribution in [-0.2, 0) is 9.47 Å². The van der Waals surface area contributed by atoms with E-state index >= 15 is 0 Å². The van der Waals surface area contributed by atoms with Gasteiger partial charge in [0.05, 0.1) is 19.3 Å². The molecule has 0 radical (unpaired) electrons. The average Bonchev–Trinajstić information content (AvgIpc) is 2.85. The first kappa shape index (κ1) is 34.4. The van der Waals surface area contributed by atoms with Crippen LogP contribution in [0.4, 0.5) is 0 Å². The molecule has 0 aliphatic carbocycles. The topological polar surface area (TPSA) is 21.7 Å². The Kier molecular flexibility index (Phi) is 29.0. The van der Waals surface area contributed by atoms with Crippen molar-refractivity contribution in [3.8, 4) is 0 Å². The van der Waals surface area contributed by atoms with Gasteiger partial charge in [-0.2, -0.15) is 0 Å². The van der Waals surface area contributed by atoms with Gasteiger partial charge in [0.1, 0.15) is 0 Å². The van der Waals surface area contributed by atoms with Crippen molar-refractivity contribution in [1.82, 2.24) is 4.90 Å². The Morgan fingerprint density at radius 3 is 1.40 bits per heavy atom. The minimum Gasteiger partial charge on any atom is -0.380 e. The largest absolute Gasteiger partial charge is 0.380 e. The van der Waals surface area contributed by atoms with E-state index < -0.39 is 0 Å². The van der Waals surface area contributed by atoms with Crippen molar-refractivity contribution < 1.29 is 9.47 Å². The van der Waals surface area contributed by atoms with Crippen LogP contribution in [0.5, 0.6) is 0 Å². The van der Waals surface area contributed by atoms with Gasteiger partial charge in [0.15, 0.2) is 0 Å². The van der Waals surface area contributed by atoms with Crippen LogP contribution in [0, 0.1) is 0 Å². The van der Waals surface area contributed by atoms with Crippen molar-refractivity contribution in [3.05, 3.63) is 24.3 Å². The fraction of sp³-hybridized carbons (Fsp3) is 0.875. The molecule has 0 unspecified atom stereocenters. The van der Waals surface area contributed by atoms with Crippen molar-refractivity contribution in [2.45, 2.75) is 142 Å². The molecule has 1 atom stereocenters. The summed E-state index contributed by atoms with van der Waals surface area (Å²) in [4.78, 5) is 2.24. The van der Waals surface area contributed by atoms with Crippen LogP contribution in [0.2, 0.25) is 0 Å². The van der Waals surface area contributed by atoms with Crippen molar-refractivity contribution in [3.63, 3.8) is 0 Å². The molecule has 0 saturated heterocycles. The monoisotopic (exact) mass is 493 g/mol. The molecule has 0 aromatic heterocycles. The molecule has 0 fully saturated rings. The molecule has 0 bridgehead atoms. The lowest BCUT2D eigenvalue weighted by Crippen LogP contribution is -2.37. The van der Waals surface area contributed by atoms with E-state index in [4.69, 9.17) is 9.47 Å². The molecule has 0 rings (SSSR count). The summed E-state index contributed by atoms with van der Waals surface area (Å²) in [6.07, 6.45) is 34.2. The Hall–Kier alpha value is -0.640. The third-order valence-corrected chi connectivity index (χ3v) is 6.73. The molecule has 0 aliphatic rings. The van der Waals surface area contributed by atoms with Crippen molar-refractivity contribution in [2.24, 2.45) is 0 Å². The van der Waals surface area contributed by atoms with E-state index in [0.717, 1.165) is 32.8 Å². The van der Waals surface area contributed by atoms with E-state index in [1.807, 2.05) is 0 Å². The summed E-state index contributed by atoms with van der Waals surface area (Å²) < 4.78 is 11.9. The summed E-state index contributed by atoms with van der Waals surface area (Å²) in [5.41, 5.74) is 0. The standard InChI is InChI=1S/C32H63NO2/c1-5-7-9-11-13-14-15-16-17-18-19-20-21-23-25-27-29-35-31-32(33(3)4)30-34-28-26-24-22-12-10-8-6-2/h13-14,16-17,32H,5-12,15,18-31H2,1-4H3/t32-/m0/s1. The first-order valence-corrected chi connectivity index (χ1v) is 15.3. The lowest BCUT2D eigenvalue weighted by Gasteiger charge is -2.24.